The average molecular weight is 356 g/mol. The Morgan fingerprint density at radius 1 is 1.40 bits per heavy atom. The molecule has 128 valence electrons. The Hall–Kier alpha value is -2.44. The van der Waals surface area contributed by atoms with Gasteiger partial charge < -0.3 is 15.0 Å². The number of amides is 1. The first-order valence-corrected chi connectivity index (χ1v) is 8.96. The lowest BCUT2D eigenvalue weighted by molar-refractivity contribution is -0.126. The number of hydrogen-bond acceptors (Lipinski definition) is 3. The number of hydrogen-bond donors (Lipinski definition) is 2. The lowest BCUT2D eigenvalue weighted by Crippen LogP contribution is -2.34. The maximum absolute atomic E-state index is 13.6. The maximum atomic E-state index is 13.6. The third-order valence-electron chi connectivity index (χ3n) is 4.50. The lowest BCUT2D eigenvalue weighted by atomic mass is 10.0. The number of thiophene rings is 1. The quantitative estimate of drug-likeness (QED) is 0.706. The molecule has 3 heterocycles. The van der Waals surface area contributed by atoms with Crippen molar-refractivity contribution < 1.29 is 14.3 Å². The highest BCUT2D eigenvalue weighted by Crippen LogP contribution is 2.28. The lowest BCUT2D eigenvalue weighted by Gasteiger charge is -2.26. The molecular formula is C19H17FN2O2S. The second-order valence-electron chi connectivity index (χ2n) is 6.13. The van der Waals surface area contributed by atoms with Crippen molar-refractivity contribution in [3.63, 3.8) is 0 Å². The summed E-state index contributed by atoms with van der Waals surface area (Å²) in [6.45, 7) is 1.12. The molecule has 6 heteroatoms. The van der Waals surface area contributed by atoms with E-state index in [0.717, 1.165) is 39.0 Å². The number of carbonyl (C=O) groups excluding carboxylic acids is 1. The van der Waals surface area contributed by atoms with E-state index in [1.54, 1.807) is 23.1 Å². The molecule has 0 radical (unpaired) electrons. The van der Waals surface area contributed by atoms with Crippen molar-refractivity contribution in [3.05, 3.63) is 63.2 Å². The van der Waals surface area contributed by atoms with Crippen LogP contribution in [-0.4, -0.2) is 27.4 Å². The highest BCUT2D eigenvalue weighted by Gasteiger charge is 2.23. The second-order valence-corrected chi connectivity index (χ2v) is 7.07. The van der Waals surface area contributed by atoms with Gasteiger partial charge in [-0.15, -0.1) is 11.3 Å². The summed E-state index contributed by atoms with van der Waals surface area (Å²) in [5, 5.41) is 11.8. The molecule has 0 aliphatic carbocycles. The standard InChI is InChI=1S/C19H17FN2O2S/c20-13-1-3-17-15(8-13)16-9-22(6-5-18(16)21-17)19(24)4-2-14-7-12(10-23)11-25-14/h1-4,7-8,11,21,23H,5-6,9-10H2. The van der Waals surface area contributed by atoms with Crippen LogP contribution >= 0.6 is 11.3 Å². The Kier molecular flexibility index (Phi) is 4.15. The predicted molar refractivity (Wildman–Crippen MR) is 96.7 cm³/mol. The Balaban J connectivity index is 1.54. The fraction of sp³-hybridized carbons (Fsp3) is 0.211. The topological polar surface area (TPSA) is 56.3 Å². The number of benzene rings is 1. The molecule has 0 unspecified atom stereocenters. The van der Waals surface area contributed by atoms with Gasteiger partial charge in [0.1, 0.15) is 5.82 Å². The Morgan fingerprint density at radius 2 is 2.28 bits per heavy atom. The van der Waals surface area contributed by atoms with Gasteiger partial charge in [0.15, 0.2) is 0 Å². The summed E-state index contributed by atoms with van der Waals surface area (Å²) in [6, 6.07) is 6.57. The fourth-order valence-corrected chi connectivity index (χ4v) is 3.99. The average Bonchev–Trinajstić information content (AvgIpc) is 3.23. The van der Waals surface area contributed by atoms with E-state index >= 15 is 0 Å². The van der Waals surface area contributed by atoms with Gasteiger partial charge in [-0.2, -0.15) is 0 Å². The van der Waals surface area contributed by atoms with Crippen LogP contribution in [0.25, 0.3) is 17.0 Å². The number of halogens is 1. The molecule has 2 aromatic heterocycles. The van der Waals surface area contributed by atoms with Gasteiger partial charge >= 0.3 is 0 Å². The maximum Gasteiger partial charge on any atom is 0.246 e. The molecule has 1 aromatic carbocycles. The number of rotatable bonds is 3. The van der Waals surface area contributed by atoms with E-state index in [4.69, 9.17) is 5.11 Å². The van der Waals surface area contributed by atoms with Crippen LogP contribution in [0.3, 0.4) is 0 Å². The number of nitrogens with zero attached hydrogens (tertiary/aromatic N) is 1. The molecule has 1 aliphatic heterocycles. The first-order chi connectivity index (χ1) is 12.1. The van der Waals surface area contributed by atoms with Gasteiger partial charge in [-0.1, -0.05) is 0 Å². The summed E-state index contributed by atoms with van der Waals surface area (Å²) in [4.78, 5) is 18.5. The number of aromatic nitrogens is 1. The summed E-state index contributed by atoms with van der Waals surface area (Å²) in [6.07, 6.45) is 4.07. The fourth-order valence-electron chi connectivity index (χ4n) is 3.20. The Morgan fingerprint density at radius 3 is 3.08 bits per heavy atom. The molecule has 4 rings (SSSR count). The van der Waals surface area contributed by atoms with E-state index in [-0.39, 0.29) is 18.3 Å². The van der Waals surface area contributed by atoms with E-state index in [0.29, 0.717) is 13.1 Å². The van der Waals surface area contributed by atoms with Gasteiger partial charge in [-0.3, -0.25) is 4.79 Å². The van der Waals surface area contributed by atoms with Crippen molar-refractivity contribution in [2.45, 2.75) is 19.6 Å². The van der Waals surface area contributed by atoms with Crippen molar-refractivity contribution in [2.75, 3.05) is 6.54 Å². The summed E-state index contributed by atoms with van der Waals surface area (Å²) in [5.74, 6) is -0.328. The number of aromatic amines is 1. The monoisotopic (exact) mass is 356 g/mol. The molecule has 3 aromatic rings. The summed E-state index contributed by atoms with van der Waals surface area (Å²) >= 11 is 1.49. The number of H-pyrrole nitrogens is 1. The van der Waals surface area contributed by atoms with Crippen LogP contribution in [0.15, 0.2) is 35.7 Å². The number of nitrogens with one attached hydrogen (secondary N) is 1. The van der Waals surface area contributed by atoms with Gasteiger partial charge in [-0.25, -0.2) is 4.39 Å². The van der Waals surface area contributed by atoms with Crippen LogP contribution in [0.5, 0.6) is 0 Å². The number of carbonyl (C=O) groups is 1. The highest BCUT2D eigenvalue weighted by molar-refractivity contribution is 7.11. The van der Waals surface area contributed by atoms with Gasteiger partial charge in [0.05, 0.1) is 6.61 Å². The van der Waals surface area contributed by atoms with Gasteiger partial charge in [-0.05, 0) is 41.3 Å². The van der Waals surface area contributed by atoms with Crippen LogP contribution in [0.4, 0.5) is 4.39 Å². The minimum atomic E-state index is -0.268. The third-order valence-corrected chi connectivity index (χ3v) is 5.44. The van der Waals surface area contributed by atoms with E-state index in [2.05, 4.69) is 4.98 Å². The zero-order valence-electron chi connectivity index (χ0n) is 13.5. The molecule has 1 amide bonds. The number of aliphatic hydroxyl groups is 1. The van der Waals surface area contributed by atoms with Crippen molar-refractivity contribution in [3.8, 4) is 0 Å². The largest absolute Gasteiger partial charge is 0.392 e. The van der Waals surface area contributed by atoms with Crippen molar-refractivity contribution >= 4 is 34.2 Å². The first-order valence-electron chi connectivity index (χ1n) is 8.08. The van der Waals surface area contributed by atoms with Crippen LogP contribution in [0, 0.1) is 5.82 Å². The van der Waals surface area contributed by atoms with Crippen molar-refractivity contribution in [1.29, 1.82) is 0 Å². The van der Waals surface area contributed by atoms with Crippen LogP contribution in [0.1, 0.15) is 21.7 Å². The molecule has 0 bridgehead atoms. The summed E-state index contributed by atoms with van der Waals surface area (Å²) in [5.41, 5.74) is 3.84. The summed E-state index contributed by atoms with van der Waals surface area (Å²) < 4.78 is 13.6. The second kappa shape index (κ2) is 6.46. The molecule has 4 nitrogen and oxygen atoms in total. The molecule has 2 N–H and O–H groups in total. The Bertz CT molecular complexity index is 973. The zero-order chi connectivity index (χ0) is 17.4. The molecule has 0 spiro atoms. The summed E-state index contributed by atoms with van der Waals surface area (Å²) in [7, 11) is 0. The van der Waals surface area contributed by atoms with Crippen molar-refractivity contribution in [2.24, 2.45) is 0 Å². The first kappa shape index (κ1) is 16.1. The SMILES string of the molecule is O=C(C=Cc1cc(CO)cs1)N1CCc2[nH]c3ccc(F)cc3c2C1. The van der Waals surface area contributed by atoms with E-state index < -0.39 is 0 Å². The minimum absolute atomic E-state index is 0.00428. The van der Waals surface area contributed by atoms with E-state index in [1.807, 2.05) is 11.4 Å². The molecule has 25 heavy (non-hydrogen) atoms. The third kappa shape index (κ3) is 3.10. The smallest absolute Gasteiger partial charge is 0.246 e. The van der Waals surface area contributed by atoms with Crippen LogP contribution in [0.2, 0.25) is 0 Å². The zero-order valence-corrected chi connectivity index (χ0v) is 14.3. The van der Waals surface area contributed by atoms with Gasteiger partial charge in [0, 0.05) is 52.6 Å². The number of fused-ring (bicyclic) bond motifs is 3. The van der Waals surface area contributed by atoms with Gasteiger partial charge in [0.2, 0.25) is 5.91 Å². The van der Waals surface area contributed by atoms with Crippen LogP contribution in [-0.2, 0) is 24.4 Å². The van der Waals surface area contributed by atoms with Gasteiger partial charge in [0.25, 0.3) is 0 Å². The normalized spacial score (nSPS) is 14.4. The Labute approximate surface area is 148 Å². The molecule has 0 atom stereocenters. The van der Waals surface area contributed by atoms with E-state index in [1.165, 1.54) is 23.5 Å². The minimum Gasteiger partial charge on any atom is -0.392 e. The van der Waals surface area contributed by atoms with Crippen LogP contribution < -0.4 is 0 Å². The predicted octanol–water partition coefficient (Wildman–Crippen LogP) is 3.46. The molecule has 0 saturated heterocycles. The molecular weight excluding hydrogens is 339 g/mol. The molecule has 0 saturated carbocycles. The van der Waals surface area contributed by atoms with E-state index in [9.17, 15) is 9.18 Å². The van der Waals surface area contributed by atoms with Crippen molar-refractivity contribution in [1.82, 2.24) is 9.88 Å². The molecule has 1 aliphatic rings. The highest BCUT2D eigenvalue weighted by atomic mass is 32.1. The molecule has 0 fully saturated rings. The number of aliphatic hydroxyl groups excluding tert-OH is 1.